The molecule has 0 amide bonds. The molecule has 6 N–H and O–H groups in total. The lowest BCUT2D eigenvalue weighted by Gasteiger charge is -2.38. The Morgan fingerprint density at radius 1 is 1.00 bits per heavy atom. The van der Waals surface area contributed by atoms with E-state index in [4.69, 9.17) is 19.7 Å². The molecule has 10 heteroatoms. The van der Waals surface area contributed by atoms with Gasteiger partial charge in [0, 0.05) is 6.07 Å². The quantitative estimate of drug-likeness (QED) is 0.376. The minimum Gasteiger partial charge on any atom is -0.508 e. The standard InChI is InChI=1S/C13H14O10/c14-5-1-4(11(18)19)2-6(3-5)22-13-9(17)7(15)8(16)10(23-13)12(20)21/h1-3,7-10,13-17H,(H,18,19)(H,20,21). The predicted octanol–water partition coefficient (Wildman–Crippen LogP) is -1.64. The molecule has 0 bridgehead atoms. The van der Waals surface area contributed by atoms with Gasteiger partial charge in [-0.1, -0.05) is 0 Å². The van der Waals surface area contributed by atoms with E-state index in [0.717, 1.165) is 18.2 Å². The summed E-state index contributed by atoms with van der Waals surface area (Å²) < 4.78 is 9.98. The zero-order valence-electron chi connectivity index (χ0n) is 11.4. The van der Waals surface area contributed by atoms with Gasteiger partial charge in [-0.05, 0) is 12.1 Å². The second-order valence-corrected chi connectivity index (χ2v) is 4.87. The number of benzene rings is 1. The van der Waals surface area contributed by atoms with Crippen LogP contribution in [0.3, 0.4) is 0 Å². The second-order valence-electron chi connectivity index (χ2n) is 4.87. The number of rotatable bonds is 4. The Kier molecular flexibility index (Phi) is 4.71. The van der Waals surface area contributed by atoms with Crippen LogP contribution in [0, 0.1) is 0 Å². The lowest BCUT2D eigenvalue weighted by atomic mass is 9.99. The van der Waals surface area contributed by atoms with Crippen LogP contribution in [-0.4, -0.2) is 73.3 Å². The smallest absolute Gasteiger partial charge is 0.335 e. The molecule has 0 radical (unpaired) electrons. The van der Waals surface area contributed by atoms with Crippen molar-refractivity contribution in [3.8, 4) is 11.5 Å². The topological polar surface area (TPSA) is 174 Å². The Bertz CT molecular complexity index is 615. The van der Waals surface area contributed by atoms with Crippen molar-refractivity contribution in [3.05, 3.63) is 23.8 Å². The molecule has 1 aromatic carbocycles. The summed E-state index contributed by atoms with van der Waals surface area (Å²) in [5, 5.41) is 56.2. The van der Waals surface area contributed by atoms with Crippen LogP contribution in [0.1, 0.15) is 10.4 Å². The van der Waals surface area contributed by atoms with Gasteiger partial charge < -0.3 is 40.1 Å². The highest BCUT2D eigenvalue weighted by molar-refractivity contribution is 5.88. The summed E-state index contributed by atoms with van der Waals surface area (Å²) >= 11 is 0. The van der Waals surface area contributed by atoms with Gasteiger partial charge in [0.25, 0.3) is 0 Å². The van der Waals surface area contributed by atoms with Crippen LogP contribution in [0.15, 0.2) is 18.2 Å². The number of aliphatic hydroxyl groups excluding tert-OH is 3. The van der Waals surface area contributed by atoms with Crippen LogP contribution < -0.4 is 4.74 Å². The lowest BCUT2D eigenvalue weighted by molar-refractivity contribution is -0.271. The zero-order valence-corrected chi connectivity index (χ0v) is 11.4. The fourth-order valence-corrected chi connectivity index (χ4v) is 2.06. The maximum absolute atomic E-state index is 11.0. The maximum atomic E-state index is 11.0. The van der Waals surface area contributed by atoms with Crippen LogP contribution in [0.4, 0.5) is 0 Å². The molecular weight excluding hydrogens is 316 g/mol. The highest BCUT2D eigenvalue weighted by Crippen LogP contribution is 2.27. The van der Waals surface area contributed by atoms with Crippen molar-refractivity contribution in [1.82, 2.24) is 0 Å². The van der Waals surface area contributed by atoms with E-state index in [0.29, 0.717) is 0 Å². The van der Waals surface area contributed by atoms with Gasteiger partial charge in [-0.3, -0.25) is 0 Å². The molecule has 0 aliphatic carbocycles. The van der Waals surface area contributed by atoms with Gasteiger partial charge in [-0.15, -0.1) is 0 Å². The van der Waals surface area contributed by atoms with E-state index < -0.39 is 48.4 Å². The Morgan fingerprint density at radius 3 is 2.22 bits per heavy atom. The summed E-state index contributed by atoms with van der Waals surface area (Å²) in [4.78, 5) is 21.9. The van der Waals surface area contributed by atoms with E-state index in [9.17, 15) is 30.0 Å². The molecule has 0 spiro atoms. The minimum absolute atomic E-state index is 0.237. The normalized spacial score (nSPS) is 30.7. The van der Waals surface area contributed by atoms with Crippen LogP contribution >= 0.6 is 0 Å². The number of phenols is 1. The second kappa shape index (κ2) is 6.38. The first-order chi connectivity index (χ1) is 10.7. The monoisotopic (exact) mass is 330 g/mol. The van der Waals surface area contributed by atoms with Gasteiger partial charge in [0.05, 0.1) is 5.56 Å². The van der Waals surface area contributed by atoms with Crippen LogP contribution in [0.2, 0.25) is 0 Å². The molecule has 1 aromatic rings. The summed E-state index contributed by atoms with van der Waals surface area (Å²) in [6.07, 6.45) is -9.07. The van der Waals surface area contributed by atoms with Crippen molar-refractivity contribution in [2.45, 2.75) is 30.7 Å². The fraction of sp³-hybridized carbons (Fsp3) is 0.385. The maximum Gasteiger partial charge on any atom is 0.335 e. The lowest BCUT2D eigenvalue weighted by Crippen LogP contribution is -2.61. The summed E-state index contributed by atoms with van der Waals surface area (Å²) in [7, 11) is 0. The number of hydrogen-bond acceptors (Lipinski definition) is 8. The average molecular weight is 330 g/mol. The summed E-state index contributed by atoms with van der Waals surface area (Å²) in [6.45, 7) is 0. The number of hydrogen-bond donors (Lipinski definition) is 6. The molecule has 0 aromatic heterocycles. The highest BCUT2D eigenvalue weighted by atomic mass is 16.7. The van der Waals surface area contributed by atoms with E-state index in [2.05, 4.69) is 0 Å². The van der Waals surface area contributed by atoms with E-state index in [1.807, 2.05) is 0 Å². The predicted molar refractivity (Wildman–Crippen MR) is 70.0 cm³/mol. The van der Waals surface area contributed by atoms with Crippen molar-refractivity contribution in [2.75, 3.05) is 0 Å². The van der Waals surface area contributed by atoms with Crippen molar-refractivity contribution in [3.63, 3.8) is 0 Å². The first-order valence-corrected chi connectivity index (χ1v) is 6.37. The Labute approximate surface area is 128 Å². The number of phenolic OH excluding ortho intramolecular Hbond substituents is 1. The van der Waals surface area contributed by atoms with Gasteiger partial charge in [-0.25, -0.2) is 9.59 Å². The molecule has 10 nitrogen and oxygen atoms in total. The van der Waals surface area contributed by atoms with Crippen LogP contribution in [-0.2, 0) is 9.53 Å². The Morgan fingerprint density at radius 2 is 1.65 bits per heavy atom. The zero-order chi connectivity index (χ0) is 17.3. The highest BCUT2D eigenvalue weighted by Gasteiger charge is 2.48. The number of aromatic carboxylic acids is 1. The van der Waals surface area contributed by atoms with E-state index in [1.165, 1.54) is 0 Å². The number of carboxylic acids is 2. The number of ether oxygens (including phenoxy) is 2. The van der Waals surface area contributed by atoms with Crippen LogP contribution in [0.25, 0.3) is 0 Å². The van der Waals surface area contributed by atoms with Crippen molar-refractivity contribution in [1.29, 1.82) is 0 Å². The summed E-state index contributed by atoms with van der Waals surface area (Å²) in [6, 6.07) is 2.97. The molecule has 0 saturated carbocycles. The van der Waals surface area contributed by atoms with Gasteiger partial charge in [-0.2, -0.15) is 0 Å². The number of carbonyl (C=O) groups is 2. The Hall–Kier alpha value is -2.40. The molecule has 1 saturated heterocycles. The minimum atomic E-state index is -1.87. The third-order valence-corrected chi connectivity index (χ3v) is 3.20. The molecule has 126 valence electrons. The van der Waals surface area contributed by atoms with Gasteiger partial charge >= 0.3 is 11.9 Å². The molecule has 1 fully saturated rings. The van der Waals surface area contributed by atoms with E-state index >= 15 is 0 Å². The molecular formula is C13H14O10. The van der Waals surface area contributed by atoms with E-state index in [1.54, 1.807) is 0 Å². The van der Waals surface area contributed by atoms with Gasteiger partial charge in [0.1, 0.15) is 29.8 Å². The molecule has 5 unspecified atom stereocenters. The molecule has 1 aliphatic heterocycles. The van der Waals surface area contributed by atoms with Crippen LogP contribution in [0.5, 0.6) is 11.5 Å². The number of carboxylic acid groups (broad SMARTS) is 2. The molecule has 1 heterocycles. The van der Waals surface area contributed by atoms with Crippen molar-refractivity contribution < 1.29 is 49.7 Å². The van der Waals surface area contributed by atoms with Crippen molar-refractivity contribution in [2.24, 2.45) is 0 Å². The van der Waals surface area contributed by atoms with E-state index in [-0.39, 0.29) is 11.3 Å². The SMILES string of the molecule is O=C(O)c1cc(O)cc(OC2OC(C(=O)O)C(O)C(O)C2O)c1. The Balaban J connectivity index is 2.24. The van der Waals surface area contributed by atoms with Gasteiger partial charge in [0.15, 0.2) is 6.10 Å². The largest absolute Gasteiger partial charge is 0.508 e. The van der Waals surface area contributed by atoms with Gasteiger partial charge in [0.2, 0.25) is 6.29 Å². The first-order valence-electron chi connectivity index (χ1n) is 6.37. The fourth-order valence-electron chi connectivity index (χ4n) is 2.06. The molecule has 1 aliphatic rings. The number of aliphatic carboxylic acids is 1. The summed E-state index contributed by atoms with van der Waals surface area (Å²) in [5.74, 6) is -3.62. The summed E-state index contributed by atoms with van der Waals surface area (Å²) in [5.41, 5.74) is -0.319. The van der Waals surface area contributed by atoms with Crippen molar-refractivity contribution >= 4 is 11.9 Å². The molecule has 2 rings (SSSR count). The third kappa shape index (κ3) is 3.51. The molecule has 23 heavy (non-hydrogen) atoms. The number of aromatic hydroxyl groups is 1. The molecule has 5 atom stereocenters. The number of aliphatic hydroxyl groups is 3. The first kappa shape index (κ1) is 17.0. The third-order valence-electron chi connectivity index (χ3n) is 3.20. The average Bonchev–Trinajstić information content (AvgIpc) is 2.46.